The molecule has 3 nitrogen and oxygen atoms in total. The summed E-state index contributed by atoms with van der Waals surface area (Å²) in [6.07, 6.45) is 8.20. The standard InChI is InChI=1S/C14H21ClN2O/c1-2-18-13(11-6-4-3-5-7-11)14-16-9-8-12(10-15)17-14/h8-9,11,13H,2-7,10H2,1H3. The van der Waals surface area contributed by atoms with E-state index >= 15 is 0 Å². The molecule has 0 saturated heterocycles. The van der Waals surface area contributed by atoms with Gasteiger partial charge in [-0.25, -0.2) is 9.97 Å². The summed E-state index contributed by atoms with van der Waals surface area (Å²) in [6, 6.07) is 1.86. The van der Waals surface area contributed by atoms with E-state index < -0.39 is 0 Å². The van der Waals surface area contributed by atoms with Crippen LogP contribution >= 0.6 is 11.6 Å². The lowest BCUT2D eigenvalue weighted by molar-refractivity contribution is -0.000301. The third-order valence-corrected chi connectivity index (χ3v) is 3.82. The quantitative estimate of drug-likeness (QED) is 0.761. The normalized spacial score (nSPS) is 18.8. The number of halogens is 1. The van der Waals surface area contributed by atoms with Crippen molar-refractivity contribution in [3.05, 3.63) is 23.8 Å². The maximum absolute atomic E-state index is 5.90. The molecule has 100 valence electrons. The smallest absolute Gasteiger partial charge is 0.157 e. The number of alkyl halides is 1. The molecular weight excluding hydrogens is 248 g/mol. The summed E-state index contributed by atoms with van der Waals surface area (Å²) in [6.45, 7) is 2.73. The van der Waals surface area contributed by atoms with Gasteiger partial charge in [0.05, 0.1) is 11.6 Å². The van der Waals surface area contributed by atoms with Crippen molar-refractivity contribution in [2.24, 2.45) is 5.92 Å². The molecule has 0 aliphatic heterocycles. The molecule has 18 heavy (non-hydrogen) atoms. The summed E-state index contributed by atoms with van der Waals surface area (Å²) >= 11 is 5.84. The van der Waals surface area contributed by atoms with Gasteiger partial charge in [0.15, 0.2) is 5.82 Å². The van der Waals surface area contributed by atoms with E-state index in [1.165, 1.54) is 32.1 Å². The van der Waals surface area contributed by atoms with Crippen LogP contribution in [0.2, 0.25) is 0 Å². The maximum atomic E-state index is 5.90. The van der Waals surface area contributed by atoms with Crippen molar-refractivity contribution in [3.8, 4) is 0 Å². The van der Waals surface area contributed by atoms with Crippen molar-refractivity contribution in [3.63, 3.8) is 0 Å². The van der Waals surface area contributed by atoms with Crippen LogP contribution in [-0.4, -0.2) is 16.6 Å². The Kier molecular flexibility index (Phi) is 5.39. The topological polar surface area (TPSA) is 35.0 Å². The monoisotopic (exact) mass is 268 g/mol. The first-order valence-corrected chi connectivity index (χ1v) is 7.38. The number of nitrogens with zero attached hydrogens (tertiary/aromatic N) is 2. The first-order chi connectivity index (χ1) is 8.85. The highest BCUT2D eigenvalue weighted by atomic mass is 35.5. The molecule has 1 aliphatic carbocycles. The second-order valence-corrected chi connectivity index (χ2v) is 5.08. The van der Waals surface area contributed by atoms with Crippen LogP contribution in [0, 0.1) is 5.92 Å². The summed E-state index contributed by atoms with van der Waals surface area (Å²) in [5, 5.41) is 0. The van der Waals surface area contributed by atoms with E-state index in [4.69, 9.17) is 16.3 Å². The van der Waals surface area contributed by atoms with E-state index in [0.717, 1.165) is 11.5 Å². The van der Waals surface area contributed by atoms with E-state index in [-0.39, 0.29) is 6.10 Å². The Balaban J connectivity index is 2.16. The van der Waals surface area contributed by atoms with Crippen LogP contribution in [0.3, 0.4) is 0 Å². The van der Waals surface area contributed by atoms with Gasteiger partial charge >= 0.3 is 0 Å². The lowest BCUT2D eigenvalue weighted by Gasteiger charge is -2.29. The van der Waals surface area contributed by atoms with Gasteiger partial charge in [0.25, 0.3) is 0 Å². The van der Waals surface area contributed by atoms with E-state index in [9.17, 15) is 0 Å². The predicted octanol–water partition coefficient (Wildman–Crippen LogP) is 3.87. The molecule has 1 aromatic heterocycles. The van der Waals surface area contributed by atoms with E-state index in [2.05, 4.69) is 9.97 Å². The SMILES string of the molecule is CCOC(c1nccc(CCl)n1)C1CCCCC1. The van der Waals surface area contributed by atoms with Crippen LogP contribution < -0.4 is 0 Å². The lowest BCUT2D eigenvalue weighted by atomic mass is 9.85. The largest absolute Gasteiger partial charge is 0.370 e. The Labute approximate surface area is 114 Å². The van der Waals surface area contributed by atoms with Crippen molar-refractivity contribution < 1.29 is 4.74 Å². The molecule has 0 radical (unpaired) electrons. The third-order valence-electron chi connectivity index (χ3n) is 3.55. The first kappa shape index (κ1) is 13.8. The third kappa shape index (κ3) is 3.42. The van der Waals surface area contributed by atoms with E-state index in [1.54, 1.807) is 6.20 Å². The number of aromatic nitrogens is 2. The van der Waals surface area contributed by atoms with Gasteiger partial charge in [0.2, 0.25) is 0 Å². The molecule has 1 fully saturated rings. The Hall–Kier alpha value is -0.670. The van der Waals surface area contributed by atoms with Crippen molar-refractivity contribution in [1.29, 1.82) is 0 Å². The van der Waals surface area contributed by atoms with Crippen molar-refractivity contribution in [2.45, 2.75) is 51.0 Å². The second kappa shape index (κ2) is 7.05. The highest BCUT2D eigenvalue weighted by Gasteiger charge is 2.27. The van der Waals surface area contributed by atoms with Crippen LogP contribution in [0.4, 0.5) is 0 Å². The Morgan fingerprint density at radius 1 is 1.39 bits per heavy atom. The zero-order valence-electron chi connectivity index (χ0n) is 10.9. The van der Waals surface area contributed by atoms with E-state index in [1.807, 2.05) is 13.0 Å². The average Bonchev–Trinajstić information content (AvgIpc) is 2.46. The van der Waals surface area contributed by atoms with Crippen molar-refractivity contribution >= 4 is 11.6 Å². The Morgan fingerprint density at radius 3 is 2.83 bits per heavy atom. The molecule has 1 unspecified atom stereocenters. The summed E-state index contributed by atoms with van der Waals surface area (Å²) < 4.78 is 5.90. The fourth-order valence-corrected chi connectivity index (χ4v) is 2.81. The summed E-state index contributed by atoms with van der Waals surface area (Å²) in [5.41, 5.74) is 0.877. The fourth-order valence-electron chi connectivity index (χ4n) is 2.66. The zero-order valence-corrected chi connectivity index (χ0v) is 11.7. The molecule has 1 heterocycles. The van der Waals surface area contributed by atoms with Gasteiger partial charge in [-0.15, -0.1) is 11.6 Å². The minimum absolute atomic E-state index is 0.0402. The zero-order chi connectivity index (χ0) is 12.8. The minimum atomic E-state index is 0.0402. The lowest BCUT2D eigenvalue weighted by Crippen LogP contribution is -2.21. The molecule has 0 spiro atoms. The number of hydrogen-bond acceptors (Lipinski definition) is 3. The predicted molar refractivity (Wildman–Crippen MR) is 72.5 cm³/mol. The van der Waals surface area contributed by atoms with Gasteiger partial charge in [0, 0.05) is 12.8 Å². The molecule has 2 rings (SSSR count). The maximum Gasteiger partial charge on any atom is 0.157 e. The van der Waals surface area contributed by atoms with Gasteiger partial charge in [-0.3, -0.25) is 0 Å². The second-order valence-electron chi connectivity index (χ2n) is 4.81. The molecule has 1 aliphatic rings. The van der Waals surface area contributed by atoms with Crippen LogP contribution in [0.25, 0.3) is 0 Å². The Morgan fingerprint density at radius 2 is 2.17 bits per heavy atom. The molecule has 1 atom stereocenters. The van der Waals surface area contributed by atoms with Crippen LogP contribution in [0.5, 0.6) is 0 Å². The van der Waals surface area contributed by atoms with Gasteiger partial charge < -0.3 is 4.74 Å². The Bertz CT molecular complexity index is 367. The molecular formula is C14H21ClN2O. The molecule has 0 N–H and O–H groups in total. The molecule has 0 aromatic carbocycles. The van der Waals surface area contributed by atoms with Crippen LogP contribution in [0.1, 0.15) is 56.7 Å². The highest BCUT2D eigenvalue weighted by Crippen LogP contribution is 2.35. The molecule has 0 amide bonds. The van der Waals surface area contributed by atoms with Gasteiger partial charge in [-0.2, -0.15) is 0 Å². The molecule has 4 heteroatoms. The summed E-state index contributed by atoms with van der Waals surface area (Å²) in [5.74, 6) is 1.80. The molecule has 1 saturated carbocycles. The average molecular weight is 269 g/mol. The fraction of sp³-hybridized carbons (Fsp3) is 0.714. The summed E-state index contributed by atoms with van der Waals surface area (Å²) in [4.78, 5) is 8.90. The van der Waals surface area contributed by atoms with Gasteiger partial charge in [-0.05, 0) is 31.7 Å². The van der Waals surface area contributed by atoms with Crippen molar-refractivity contribution in [1.82, 2.24) is 9.97 Å². The van der Waals surface area contributed by atoms with Crippen LogP contribution in [-0.2, 0) is 10.6 Å². The van der Waals surface area contributed by atoms with Crippen LogP contribution in [0.15, 0.2) is 12.3 Å². The molecule has 1 aromatic rings. The summed E-state index contributed by atoms with van der Waals surface area (Å²) in [7, 11) is 0. The number of rotatable bonds is 5. The van der Waals surface area contributed by atoms with E-state index in [0.29, 0.717) is 18.4 Å². The molecule has 0 bridgehead atoms. The number of ether oxygens (including phenoxy) is 1. The van der Waals surface area contributed by atoms with Gasteiger partial charge in [-0.1, -0.05) is 19.3 Å². The minimum Gasteiger partial charge on any atom is -0.370 e. The van der Waals surface area contributed by atoms with Crippen molar-refractivity contribution in [2.75, 3.05) is 6.61 Å². The van der Waals surface area contributed by atoms with Gasteiger partial charge in [0.1, 0.15) is 6.10 Å². The number of hydrogen-bond donors (Lipinski definition) is 0. The first-order valence-electron chi connectivity index (χ1n) is 6.84. The highest BCUT2D eigenvalue weighted by molar-refractivity contribution is 6.16.